The van der Waals surface area contributed by atoms with Crippen LogP contribution in [0.15, 0.2) is 12.8 Å². The van der Waals surface area contributed by atoms with Crippen LogP contribution in [0.3, 0.4) is 0 Å². The maximum absolute atomic E-state index is 5.30. The van der Waals surface area contributed by atoms with E-state index >= 15 is 0 Å². The summed E-state index contributed by atoms with van der Waals surface area (Å²) in [4.78, 5) is 0. The van der Waals surface area contributed by atoms with E-state index in [1.54, 1.807) is 0 Å². The van der Waals surface area contributed by atoms with Crippen molar-refractivity contribution in [2.75, 3.05) is 13.2 Å². The summed E-state index contributed by atoms with van der Waals surface area (Å²) in [5, 5.41) is 0. The molecule has 1 atom stereocenters. The van der Waals surface area contributed by atoms with E-state index in [2.05, 4.69) is 6.58 Å². The summed E-state index contributed by atoms with van der Waals surface area (Å²) in [6.07, 6.45) is 1.44. The largest absolute Gasteiger partial charge is 0.501 e. The number of hydrogen-bond acceptors (Lipinski definition) is 2. The Morgan fingerprint density at radius 3 is 2.88 bits per heavy atom. The lowest BCUT2D eigenvalue weighted by Gasteiger charge is -2.05. The van der Waals surface area contributed by atoms with E-state index in [1.165, 1.54) is 6.26 Å². The van der Waals surface area contributed by atoms with Gasteiger partial charge in [0.15, 0.2) is 0 Å². The first-order valence-corrected chi connectivity index (χ1v) is 2.73. The van der Waals surface area contributed by atoms with E-state index in [4.69, 9.17) is 10.5 Å². The van der Waals surface area contributed by atoms with E-state index in [1.807, 2.05) is 6.92 Å². The molecule has 8 heavy (non-hydrogen) atoms. The third-order valence-corrected chi connectivity index (χ3v) is 0.901. The molecule has 0 amide bonds. The van der Waals surface area contributed by atoms with Crippen molar-refractivity contribution in [2.24, 2.45) is 11.7 Å². The van der Waals surface area contributed by atoms with Crippen molar-refractivity contribution in [3.63, 3.8) is 0 Å². The normalized spacial score (nSPS) is 12.8. The monoisotopic (exact) mass is 115 g/mol. The van der Waals surface area contributed by atoms with Crippen molar-refractivity contribution in [1.29, 1.82) is 0 Å². The summed E-state index contributed by atoms with van der Waals surface area (Å²) in [7, 11) is 0. The molecule has 0 saturated carbocycles. The van der Waals surface area contributed by atoms with Crippen molar-refractivity contribution < 1.29 is 4.74 Å². The van der Waals surface area contributed by atoms with Crippen LogP contribution in [0.5, 0.6) is 0 Å². The average molecular weight is 115 g/mol. The molecular formula is C6H13NO. The Hall–Kier alpha value is -0.500. The highest BCUT2D eigenvalue weighted by Crippen LogP contribution is 1.90. The highest BCUT2D eigenvalue weighted by Gasteiger charge is 1.94. The molecule has 2 N–H and O–H groups in total. The highest BCUT2D eigenvalue weighted by atomic mass is 16.5. The molecule has 0 radical (unpaired) electrons. The minimum atomic E-state index is 0.438. The summed E-state index contributed by atoms with van der Waals surface area (Å²) in [6, 6.07) is 0. The molecule has 0 aromatic heterocycles. The third kappa shape index (κ3) is 3.68. The topological polar surface area (TPSA) is 35.2 Å². The summed E-state index contributed by atoms with van der Waals surface area (Å²) in [5.41, 5.74) is 5.30. The van der Waals surface area contributed by atoms with E-state index in [9.17, 15) is 0 Å². The molecule has 0 aliphatic rings. The SMILES string of the molecule is C=COCC(C)CN. The van der Waals surface area contributed by atoms with E-state index in [0.717, 1.165) is 0 Å². The molecule has 48 valence electrons. The van der Waals surface area contributed by atoms with Crippen LogP contribution in [0.1, 0.15) is 6.92 Å². The van der Waals surface area contributed by atoms with Crippen molar-refractivity contribution >= 4 is 0 Å². The predicted molar refractivity (Wildman–Crippen MR) is 34.4 cm³/mol. The maximum atomic E-state index is 5.30. The molecule has 0 aliphatic carbocycles. The van der Waals surface area contributed by atoms with Gasteiger partial charge in [0, 0.05) is 5.92 Å². The van der Waals surface area contributed by atoms with Gasteiger partial charge in [-0.2, -0.15) is 0 Å². The molecular weight excluding hydrogens is 102 g/mol. The molecule has 0 aromatic rings. The van der Waals surface area contributed by atoms with Gasteiger partial charge >= 0.3 is 0 Å². The molecule has 1 unspecified atom stereocenters. The Balaban J connectivity index is 2.97. The van der Waals surface area contributed by atoms with Gasteiger partial charge < -0.3 is 10.5 Å². The molecule has 0 aromatic carbocycles. The molecule has 0 spiro atoms. The maximum Gasteiger partial charge on any atom is 0.0910 e. The van der Waals surface area contributed by atoms with Gasteiger partial charge in [-0.3, -0.25) is 0 Å². The summed E-state index contributed by atoms with van der Waals surface area (Å²) >= 11 is 0. The fourth-order valence-electron chi connectivity index (χ4n) is 0.300. The lowest BCUT2D eigenvalue weighted by molar-refractivity contribution is 0.207. The van der Waals surface area contributed by atoms with Crippen LogP contribution >= 0.6 is 0 Å². The first-order chi connectivity index (χ1) is 3.81. The van der Waals surface area contributed by atoms with E-state index in [0.29, 0.717) is 19.1 Å². The lowest BCUT2D eigenvalue weighted by atomic mass is 10.2. The van der Waals surface area contributed by atoms with Crippen molar-refractivity contribution in [1.82, 2.24) is 0 Å². The fourth-order valence-corrected chi connectivity index (χ4v) is 0.300. The summed E-state index contributed by atoms with van der Waals surface area (Å²) in [5.74, 6) is 0.438. The lowest BCUT2D eigenvalue weighted by Crippen LogP contribution is -2.14. The van der Waals surface area contributed by atoms with Gasteiger partial charge in [-0.25, -0.2) is 0 Å². The van der Waals surface area contributed by atoms with Gasteiger partial charge in [-0.1, -0.05) is 13.5 Å². The predicted octanol–water partition coefficient (Wildman–Crippen LogP) is 0.741. The van der Waals surface area contributed by atoms with Crippen LogP contribution in [-0.4, -0.2) is 13.2 Å². The molecule has 0 saturated heterocycles. The second-order valence-corrected chi connectivity index (χ2v) is 1.84. The first-order valence-electron chi connectivity index (χ1n) is 2.73. The molecule has 0 rings (SSSR count). The smallest absolute Gasteiger partial charge is 0.0910 e. The summed E-state index contributed by atoms with van der Waals surface area (Å²) in [6.45, 7) is 6.79. The standard InChI is InChI=1S/C6H13NO/c1-3-8-5-6(2)4-7/h3,6H,1,4-5,7H2,2H3. The van der Waals surface area contributed by atoms with Gasteiger partial charge in [0.25, 0.3) is 0 Å². The van der Waals surface area contributed by atoms with E-state index in [-0.39, 0.29) is 0 Å². The van der Waals surface area contributed by atoms with Gasteiger partial charge in [-0.05, 0) is 6.54 Å². The average Bonchev–Trinajstić information content (AvgIpc) is 1.83. The van der Waals surface area contributed by atoms with Crippen LogP contribution in [0.2, 0.25) is 0 Å². The molecule has 0 fully saturated rings. The van der Waals surface area contributed by atoms with Crippen LogP contribution in [0.25, 0.3) is 0 Å². The Morgan fingerprint density at radius 1 is 1.88 bits per heavy atom. The Labute approximate surface area is 50.3 Å². The molecule has 2 nitrogen and oxygen atoms in total. The zero-order valence-corrected chi connectivity index (χ0v) is 5.26. The van der Waals surface area contributed by atoms with Gasteiger partial charge in [0.2, 0.25) is 0 Å². The Morgan fingerprint density at radius 2 is 2.50 bits per heavy atom. The minimum absolute atomic E-state index is 0.438. The van der Waals surface area contributed by atoms with E-state index < -0.39 is 0 Å². The second-order valence-electron chi connectivity index (χ2n) is 1.84. The van der Waals surface area contributed by atoms with Gasteiger partial charge in [0.05, 0.1) is 12.9 Å². The number of nitrogens with two attached hydrogens (primary N) is 1. The van der Waals surface area contributed by atoms with Crippen LogP contribution < -0.4 is 5.73 Å². The van der Waals surface area contributed by atoms with Crippen LogP contribution in [0.4, 0.5) is 0 Å². The second kappa shape index (κ2) is 4.65. The first kappa shape index (κ1) is 7.50. The van der Waals surface area contributed by atoms with Crippen molar-refractivity contribution in [2.45, 2.75) is 6.92 Å². The molecule has 0 bridgehead atoms. The van der Waals surface area contributed by atoms with Crippen LogP contribution in [-0.2, 0) is 4.74 Å². The Bertz CT molecular complexity index is 63.5. The summed E-state index contributed by atoms with van der Waals surface area (Å²) < 4.78 is 4.87. The van der Waals surface area contributed by atoms with Crippen molar-refractivity contribution in [3.8, 4) is 0 Å². The van der Waals surface area contributed by atoms with Crippen LogP contribution in [0, 0.1) is 5.92 Å². The zero-order chi connectivity index (χ0) is 6.41. The van der Waals surface area contributed by atoms with Crippen molar-refractivity contribution in [3.05, 3.63) is 12.8 Å². The van der Waals surface area contributed by atoms with Gasteiger partial charge in [0.1, 0.15) is 0 Å². The Kier molecular flexibility index (Phi) is 4.36. The minimum Gasteiger partial charge on any atom is -0.501 e. The molecule has 2 heteroatoms. The molecule has 0 heterocycles. The highest BCUT2D eigenvalue weighted by molar-refractivity contribution is 4.54. The third-order valence-electron chi connectivity index (χ3n) is 0.901. The molecule has 0 aliphatic heterocycles. The number of rotatable bonds is 4. The quantitative estimate of drug-likeness (QED) is 0.548. The number of ether oxygens (including phenoxy) is 1. The van der Waals surface area contributed by atoms with Gasteiger partial charge in [-0.15, -0.1) is 0 Å². The number of hydrogen-bond donors (Lipinski definition) is 1. The zero-order valence-electron chi connectivity index (χ0n) is 5.26. The fraction of sp³-hybridized carbons (Fsp3) is 0.667.